The van der Waals surface area contributed by atoms with Crippen LogP contribution in [0.2, 0.25) is 0 Å². The molecule has 1 aromatic heterocycles. The molecular weight excluding hydrogens is 619 g/mol. The summed E-state index contributed by atoms with van der Waals surface area (Å²) >= 11 is 0. The molecule has 2 aromatic carbocycles. The summed E-state index contributed by atoms with van der Waals surface area (Å²) in [5.74, 6) is -2.19. The third kappa shape index (κ3) is 11.7. The van der Waals surface area contributed by atoms with Gasteiger partial charge in [-0.1, -0.05) is 32.0 Å². The van der Waals surface area contributed by atoms with E-state index in [0.717, 1.165) is 37.1 Å². The third-order valence-electron chi connectivity index (χ3n) is 7.76. The summed E-state index contributed by atoms with van der Waals surface area (Å²) in [6.45, 7) is 8.42. The minimum atomic E-state index is -4.53. The number of rotatable bonds is 16. The highest BCUT2D eigenvalue weighted by atomic mass is 19.4. The zero-order chi connectivity index (χ0) is 34.8. The normalized spacial score (nSPS) is 13.2. The van der Waals surface area contributed by atoms with E-state index in [1.165, 1.54) is 18.3 Å². The fourth-order valence-electron chi connectivity index (χ4n) is 5.32. The second-order valence-corrected chi connectivity index (χ2v) is 12.2. The summed E-state index contributed by atoms with van der Waals surface area (Å²) in [4.78, 5) is 32.0. The number of aliphatic hydroxyl groups is 1. The number of carbonyl (C=O) groups excluding carboxylic acids is 2. The van der Waals surface area contributed by atoms with Crippen molar-refractivity contribution in [2.24, 2.45) is 0 Å². The standard InChI is InChI=1S/C35H43F5N4O3/c1-5-10-44(11-6-2)33(47)17-25-12-24(20-41-21-25)16-32(46)43-30(15-23-13-28(36)19-29(37)14-23)31(45)22-42-34(3,4)26-8-7-9-27(18-26)35(38,39)40/h7-9,12-14,18-21,30-31,42,45H,5-6,10-11,15-17,22H2,1-4H3,(H,43,46)/t30-,31+/m0/s1. The monoisotopic (exact) mass is 662 g/mol. The molecular formula is C35H43F5N4O3. The van der Waals surface area contributed by atoms with Gasteiger partial charge in [-0.15, -0.1) is 0 Å². The Bertz CT molecular complexity index is 1470. The van der Waals surface area contributed by atoms with E-state index in [0.29, 0.717) is 35.8 Å². The van der Waals surface area contributed by atoms with Gasteiger partial charge in [0.15, 0.2) is 0 Å². The van der Waals surface area contributed by atoms with Crippen molar-refractivity contribution in [1.29, 1.82) is 0 Å². The van der Waals surface area contributed by atoms with Crippen LogP contribution in [0.3, 0.4) is 0 Å². The van der Waals surface area contributed by atoms with Crippen molar-refractivity contribution in [2.45, 2.75) is 83.7 Å². The van der Waals surface area contributed by atoms with Crippen LogP contribution in [0, 0.1) is 11.6 Å². The maximum atomic E-state index is 14.0. The van der Waals surface area contributed by atoms with E-state index >= 15 is 0 Å². The maximum Gasteiger partial charge on any atom is 0.416 e. The van der Waals surface area contributed by atoms with Crippen LogP contribution < -0.4 is 10.6 Å². The molecule has 0 saturated heterocycles. The van der Waals surface area contributed by atoms with Gasteiger partial charge in [-0.25, -0.2) is 8.78 Å². The van der Waals surface area contributed by atoms with Gasteiger partial charge in [0.1, 0.15) is 11.6 Å². The maximum absolute atomic E-state index is 14.0. The van der Waals surface area contributed by atoms with Crippen LogP contribution in [-0.4, -0.2) is 58.6 Å². The van der Waals surface area contributed by atoms with E-state index in [4.69, 9.17) is 0 Å². The lowest BCUT2D eigenvalue weighted by Gasteiger charge is -2.31. The van der Waals surface area contributed by atoms with Crippen LogP contribution in [0.4, 0.5) is 22.0 Å². The zero-order valence-corrected chi connectivity index (χ0v) is 27.1. The van der Waals surface area contributed by atoms with E-state index in [1.807, 2.05) is 13.8 Å². The summed E-state index contributed by atoms with van der Waals surface area (Å²) in [6.07, 6.45) is -1.26. The molecule has 0 saturated carbocycles. The fraction of sp³-hybridized carbons (Fsp3) is 0.457. The largest absolute Gasteiger partial charge is 0.416 e. The van der Waals surface area contributed by atoms with Gasteiger partial charge in [0.05, 0.1) is 30.6 Å². The Morgan fingerprint density at radius 3 is 2.06 bits per heavy atom. The number of benzene rings is 2. The zero-order valence-electron chi connectivity index (χ0n) is 27.1. The van der Waals surface area contributed by atoms with Gasteiger partial charge in [0.25, 0.3) is 0 Å². The predicted octanol–water partition coefficient (Wildman–Crippen LogP) is 5.73. The molecule has 12 heteroatoms. The topological polar surface area (TPSA) is 94.6 Å². The van der Waals surface area contributed by atoms with Crippen molar-refractivity contribution in [3.05, 3.63) is 100 Å². The number of aliphatic hydroxyl groups excluding tert-OH is 1. The van der Waals surface area contributed by atoms with Crippen molar-refractivity contribution in [2.75, 3.05) is 19.6 Å². The van der Waals surface area contributed by atoms with Gasteiger partial charge in [-0.05, 0) is 79.6 Å². The number of hydrogen-bond acceptors (Lipinski definition) is 5. The fourth-order valence-corrected chi connectivity index (χ4v) is 5.32. The highest BCUT2D eigenvalue weighted by Gasteiger charge is 2.33. The van der Waals surface area contributed by atoms with Gasteiger partial charge in [-0.3, -0.25) is 14.6 Å². The summed E-state index contributed by atoms with van der Waals surface area (Å²) in [5, 5.41) is 17.0. The number of aromatic nitrogens is 1. The van der Waals surface area contributed by atoms with Gasteiger partial charge >= 0.3 is 6.18 Å². The Kier molecular flexibility index (Phi) is 13.4. The minimum absolute atomic E-state index is 0.0387. The molecule has 0 aliphatic heterocycles. The van der Waals surface area contributed by atoms with E-state index in [2.05, 4.69) is 15.6 Å². The molecule has 256 valence electrons. The average Bonchev–Trinajstić information content (AvgIpc) is 2.99. The lowest BCUT2D eigenvalue weighted by atomic mass is 9.92. The highest BCUT2D eigenvalue weighted by molar-refractivity contribution is 5.80. The van der Waals surface area contributed by atoms with Crippen molar-refractivity contribution in [1.82, 2.24) is 20.5 Å². The Morgan fingerprint density at radius 2 is 1.47 bits per heavy atom. The molecule has 2 amide bonds. The first kappa shape index (κ1) is 37.6. The summed E-state index contributed by atoms with van der Waals surface area (Å²) < 4.78 is 67.9. The van der Waals surface area contributed by atoms with Gasteiger partial charge in [0, 0.05) is 43.6 Å². The molecule has 0 radical (unpaired) electrons. The van der Waals surface area contributed by atoms with E-state index < -0.39 is 47.0 Å². The second kappa shape index (κ2) is 16.8. The predicted molar refractivity (Wildman–Crippen MR) is 169 cm³/mol. The van der Waals surface area contributed by atoms with E-state index in [9.17, 15) is 36.6 Å². The van der Waals surface area contributed by atoms with E-state index in [-0.39, 0.29) is 37.3 Å². The molecule has 3 rings (SSSR count). The number of amides is 2. The van der Waals surface area contributed by atoms with Crippen molar-refractivity contribution in [3.63, 3.8) is 0 Å². The van der Waals surface area contributed by atoms with Gasteiger partial charge < -0.3 is 20.6 Å². The average molecular weight is 663 g/mol. The second-order valence-electron chi connectivity index (χ2n) is 12.2. The number of carbonyl (C=O) groups is 2. The molecule has 0 spiro atoms. The van der Waals surface area contributed by atoms with Crippen molar-refractivity contribution < 1.29 is 36.6 Å². The first-order valence-corrected chi connectivity index (χ1v) is 15.7. The van der Waals surface area contributed by atoms with Crippen LogP contribution >= 0.6 is 0 Å². The molecule has 3 N–H and O–H groups in total. The molecule has 2 atom stereocenters. The summed E-state index contributed by atoms with van der Waals surface area (Å²) in [7, 11) is 0. The van der Waals surface area contributed by atoms with Crippen molar-refractivity contribution >= 4 is 11.8 Å². The smallest absolute Gasteiger partial charge is 0.390 e. The van der Waals surface area contributed by atoms with Crippen LogP contribution in [-0.2, 0) is 40.6 Å². The number of pyridine rings is 1. The molecule has 1 heterocycles. The number of hydrogen-bond donors (Lipinski definition) is 3. The van der Waals surface area contributed by atoms with Gasteiger partial charge in [-0.2, -0.15) is 13.2 Å². The summed E-state index contributed by atoms with van der Waals surface area (Å²) in [5.41, 5.74) is -0.147. The van der Waals surface area contributed by atoms with Gasteiger partial charge in [0.2, 0.25) is 11.8 Å². The number of halogens is 5. The Hall–Kier alpha value is -3.90. The molecule has 0 unspecified atom stereocenters. The number of alkyl halides is 3. The Labute approximate surface area is 272 Å². The van der Waals surface area contributed by atoms with Crippen LogP contribution in [0.5, 0.6) is 0 Å². The third-order valence-corrected chi connectivity index (χ3v) is 7.76. The molecule has 47 heavy (non-hydrogen) atoms. The van der Waals surface area contributed by atoms with Crippen molar-refractivity contribution in [3.8, 4) is 0 Å². The lowest BCUT2D eigenvalue weighted by molar-refractivity contribution is -0.137. The lowest BCUT2D eigenvalue weighted by Crippen LogP contribution is -2.51. The first-order valence-electron chi connectivity index (χ1n) is 15.7. The Balaban J connectivity index is 1.75. The highest BCUT2D eigenvalue weighted by Crippen LogP contribution is 2.32. The quantitative estimate of drug-likeness (QED) is 0.171. The molecule has 0 aliphatic carbocycles. The number of nitrogens with zero attached hydrogens (tertiary/aromatic N) is 2. The minimum Gasteiger partial charge on any atom is -0.390 e. The van der Waals surface area contributed by atoms with Crippen LogP contribution in [0.15, 0.2) is 60.9 Å². The molecule has 7 nitrogen and oxygen atoms in total. The molecule has 0 aliphatic rings. The van der Waals surface area contributed by atoms with E-state index in [1.54, 1.807) is 31.0 Å². The first-order chi connectivity index (χ1) is 22.1. The molecule has 0 bridgehead atoms. The molecule has 3 aromatic rings. The molecule has 0 fully saturated rings. The van der Waals surface area contributed by atoms with Crippen LogP contribution in [0.25, 0.3) is 0 Å². The summed E-state index contributed by atoms with van der Waals surface area (Å²) in [6, 6.07) is 8.41. The Morgan fingerprint density at radius 1 is 0.872 bits per heavy atom. The number of nitrogens with one attached hydrogen (secondary N) is 2. The van der Waals surface area contributed by atoms with Crippen LogP contribution in [0.1, 0.15) is 68.4 Å². The SMILES string of the molecule is CCCN(CCC)C(=O)Cc1cncc(CC(=O)N[C@@H](Cc2cc(F)cc(F)c2)[C@H](O)CNC(C)(C)c2cccc(C(F)(F)F)c2)c1.